The van der Waals surface area contributed by atoms with E-state index in [1.54, 1.807) is 6.08 Å². The minimum absolute atomic E-state index is 0.338. The largest absolute Gasteiger partial charge is 0.500 e. The molecule has 10 heteroatoms. The van der Waals surface area contributed by atoms with Crippen molar-refractivity contribution in [3.8, 4) is 0 Å². The van der Waals surface area contributed by atoms with E-state index in [1.807, 2.05) is 20.8 Å². The number of amidine groups is 1. The van der Waals surface area contributed by atoms with E-state index in [0.717, 1.165) is 17.7 Å². The number of rotatable bonds is 11. The van der Waals surface area contributed by atoms with Crippen LogP contribution in [0.5, 0.6) is 0 Å². The molecule has 0 bridgehead atoms. The highest BCUT2D eigenvalue weighted by Gasteiger charge is 2.39. The third-order valence-electron chi connectivity index (χ3n) is 2.82. The Hall–Kier alpha value is -1.33. The van der Waals surface area contributed by atoms with Crippen molar-refractivity contribution in [2.75, 3.05) is 26.4 Å². The lowest BCUT2D eigenvalue weighted by molar-refractivity contribution is 0.0708. The Morgan fingerprint density at radius 2 is 1.82 bits per heavy atom. The van der Waals surface area contributed by atoms with Crippen molar-refractivity contribution in [1.29, 1.82) is 0 Å². The van der Waals surface area contributed by atoms with E-state index in [9.17, 15) is 0 Å². The van der Waals surface area contributed by atoms with Gasteiger partial charge >= 0.3 is 8.80 Å². The van der Waals surface area contributed by atoms with Gasteiger partial charge in [0.15, 0.2) is 5.84 Å². The Balaban J connectivity index is 2.44. The van der Waals surface area contributed by atoms with Crippen molar-refractivity contribution in [2.45, 2.75) is 33.2 Å². The number of hydrogen-bond donors (Lipinski definition) is 4. The van der Waals surface area contributed by atoms with Crippen molar-refractivity contribution in [3.63, 3.8) is 0 Å². The van der Waals surface area contributed by atoms with Gasteiger partial charge in [-0.15, -0.1) is 10.3 Å². The minimum atomic E-state index is -2.57. The van der Waals surface area contributed by atoms with E-state index < -0.39 is 8.80 Å². The van der Waals surface area contributed by atoms with Gasteiger partial charge in [0, 0.05) is 38.5 Å². The van der Waals surface area contributed by atoms with Gasteiger partial charge in [0.25, 0.3) is 0 Å². The van der Waals surface area contributed by atoms with Crippen molar-refractivity contribution in [3.05, 3.63) is 11.9 Å². The highest BCUT2D eigenvalue weighted by Crippen LogP contribution is 2.17. The first-order valence-electron chi connectivity index (χ1n) is 7.58. The van der Waals surface area contributed by atoms with Gasteiger partial charge < -0.3 is 24.3 Å². The zero-order valence-electron chi connectivity index (χ0n) is 13.6. The first-order chi connectivity index (χ1) is 10.5. The number of hydrazine groups is 2. The summed E-state index contributed by atoms with van der Waals surface area (Å²) >= 11 is 0. The van der Waals surface area contributed by atoms with E-state index in [1.165, 1.54) is 0 Å². The van der Waals surface area contributed by atoms with Crippen LogP contribution >= 0.6 is 0 Å². The lowest BCUT2D eigenvalue weighted by Crippen LogP contribution is -2.48. The molecule has 1 heterocycles. The Bertz CT molecular complexity index is 376. The van der Waals surface area contributed by atoms with Crippen LogP contribution in [0.1, 0.15) is 27.2 Å². The zero-order chi connectivity index (χ0) is 16.4. The number of nitrogens with zero attached hydrogens (tertiary/aromatic N) is 2. The van der Waals surface area contributed by atoms with Crippen molar-refractivity contribution in [1.82, 2.24) is 16.0 Å². The van der Waals surface area contributed by atoms with Crippen LogP contribution in [0.15, 0.2) is 17.0 Å². The third kappa shape index (κ3) is 6.20. The highest BCUT2D eigenvalue weighted by atomic mass is 28.4. The van der Waals surface area contributed by atoms with Crippen LogP contribution in [0, 0.1) is 0 Å². The second-order valence-electron chi connectivity index (χ2n) is 4.55. The quantitative estimate of drug-likeness (QED) is 0.234. The molecule has 0 amide bonds. The molecule has 0 unspecified atom stereocenters. The molecule has 0 aromatic heterocycles. The fourth-order valence-electron chi connectivity index (χ4n) is 2.10. The van der Waals surface area contributed by atoms with Crippen LogP contribution in [0.25, 0.3) is 0 Å². The van der Waals surface area contributed by atoms with Gasteiger partial charge in [0.1, 0.15) is 5.82 Å². The predicted molar refractivity (Wildman–Crippen MR) is 86.9 cm³/mol. The molecule has 0 saturated carbocycles. The molecular formula is C12H28N6O3Si. The van der Waals surface area contributed by atoms with Crippen LogP contribution in [0.3, 0.4) is 0 Å². The fourth-order valence-corrected chi connectivity index (χ4v) is 4.71. The van der Waals surface area contributed by atoms with Gasteiger partial charge in [-0.3, -0.25) is 5.43 Å². The average molecular weight is 332 g/mol. The van der Waals surface area contributed by atoms with Gasteiger partial charge in [-0.1, -0.05) is 0 Å². The molecule has 6 N–H and O–H groups in total. The van der Waals surface area contributed by atoms with Crippen LogP contribution in [-0.4, -0.2) is 46.2 Å². The molecule has 1 rings (SSSR count). The maximum atomic E-state index is 5.81. The predicted octanol–water partition coefficient (Wildman–Crippen LogP) is -0.178. The van der Waals surface area contributed by atoms with E-state index in [-0.39, 0.29) is 0 Å². The number of hydrazone groups is 1. The summed E-state index contributed by atoms with van der Waals surface area (Å²) in [6, 6.07) is 0.749. The molecule has 0 spiro atoms. The van der Waals surface area contributed by atoms with E-state index in [2.05, 4.69) is 15.8 Å². The SMILES string of the molecule is CCO[Si](CCCNC1=CC(N)=NN(N)N1)(OCC)OCC. The van der Waals surface area contributed by atoms with Crippen LogP contribution in [0.4, 0.5) is 0 Å². The van der Waals surface area contributed by atoms with Gasteiger partial charge in [-0.2, -0.15) is 0 Å². The monoisotopic (exact) mass is 332 g/mol. The van der Waals surface area contributed by atoms with Crippen LogP contribution in [0.2, 0.25) is 6.04 Å². The fraction of sp³-hybridized carbons (Fsp3) is 0.750. The molecule has 1 aliphatic heterocycles. The van der Waals surface area contributed by atoms with Crippen molar-refractivity contribution in [2.24, 2.45) is 16.7 Å². The number of hydrogen-bond acceptors (Lipinski definition) is 9. The summed E-state index contributed by atoms with van der Waals surface area (Å²) in [5.41, 5.74) is 8.46. The standard InChI is InChI=1S/C12H28N6O3Si/c1-4-19-22(20-5-2,21-6-3)9-7-8-15-12-10-11(13)16-18(14)17-12/h10,15,17H,4-9,14H2,1-3H3,(H2,13,16). The Kier molecular flexibility index (Phi) is 8.20. The molecule has 0 fully saturated rings. The number of nitrogens with two attached hydrogens (primary N) is 2. The molecule has 128 valence electrons. The smallest absolute Gasteiger partial charge is 0.382 e. The molecule has 0 aromatic rings. The molecule has 0 radical (unpaired) electrons. The Labute approximate surface area is 132 Å². The first kappa shape index (κ1) is 18.7. The maximum Gasteiger partial charge on any atom is 0.500 e. The second kappa shape index (κ2) is 9.64. The van der Waals surface area contributed by atoms with E-state index >= 15 is 0 Å². The average Bonchev–Trinajstić information content (AvgIpc) is 2.43. The molecule has 0 aromatic carbocycles. The molecule has 22 heavy (non-hydrogen) atoms. The van der Waals surface area contributed by atoms with Crippen molar-refractivity contribution < 1.29 is 13.3 Å². The topological polar surface area (TPSA) is 119 Å². The minimum Gasteiger partial charge on any atom is -0.382 e. The maximum absolute atomic E-state index is 5.81. The number of nitrogens with one attached hydrogen (secondary N) is 2. The first-order valence-corrected chi connectivity index (χ1v) is 9.51. The van der Waals surface area contributed by atoms with Gasteiger partial charge in [-0.25, -0.2) is 5.84 Å². The summed E-state index contributed by atoms with van der Waals surface area (Å²) in [5.74, 6) is 6.57. The molecule has 0 saturated heterocycles. The summed E-state index contributed by atoms with van der Waals surface area (Å²) < 4.78 is 17.4. The normalized spacial score (nSPS) is 15.2. The molecule has 0 atom stereocenters. The molecular weight excluding hydrogens is 304 g/mol. The summed E-state index contributed by atoms with van der Waals surface area (Å²) in [5, 5.41) is 8.07. The Morgan fingerprint density at radius 3 is 2.32 bits per heavy atom. The van der Waals surface area contributed by atoms with E-state index in [0.29, 0.717) is 38.0 Å². The summed E-state index contributed by atoms with van der Waals surface area (Å²) in [4.78, 5) is 0. The summed E-state index contributed by atoms with van der Waals surface area (Å²) in [6.07, 6.45) is 2.52. The molecule has 0 aliphatic carbocycles. The zero-order valence-corrected chi connectivity index (χ0v) is 14.6. The lowest BCUT2D eigenvalue weighted by atomic mass is 10.4. The van der Waals surface area contributed by atoms with E-state index in [4.69, 9.17) is 24.9 Å². The van der Waals surface area contributed by atoms with Gasteiger partial charge in [-0.05, 0) is 27.2 Å². The van der Waals surface area contributed by atoms with Crippen LogP contribution < -0.4 is 22.3 Å². The second-order valence-corrected chi connectivity index (χ2v) is 7.28. The lowest BCUT2D eigenvalue weighted by Gasteiger charge is -2.28. The van der Waals surface area contributed by atoms with Gasteiger partial charge in [0.05, 0.1) is 0 Å². The van der Waals surface area contributed by atoms with Crippen LogP contribution in [-0.2, 0) is 13.3 Å². The highest BCUT2D eigenvalue weighted by molar-refractivity contribution is 6.60. The van der Waals surface area contributed by atoms with Gasteiger partial charge in [0.2, 0.25) is 0 Å². The molecule has 9 nitrogen and oxygen atoms in total. The van der Waals surface area contributed by atoms with Crippen molar-refractivity contribution >= 4 is 14.6 Å². The summed E-state index contributed by atoms with van der Waals surface area (Å²) in [7, 11) is -2.57. The summed E-state index contributed by atoms with van der Waals surface area (Å²) in [6.45, 7) is 8.32. The Morgan fingerprint density at radius 1 is 1.23 bits per heavy atom. The molecule has 1 aliphatic rings. The third-order valence-corrected chi connectivity index (χ3v) is 5.97.